The highest BCUT2D eigenvalue weighted by atomic mass is 32.1. The molecule has 39 heavy (non-hydrogen) atoms. The summed E-state index contributed by atoms with van der Waals surface area (Å²) < 4.78 is 12.7. The van der Waals surface area contributed by atoms with E-state index in [9.17, 15) is 9.59 Å². The monoisotopic (exact) mass is 538 g/mol. The molecule has 5 rings (SSSR count). The number of thiophene rings is 1. The molecule has 0 bridgehead atoms. The molecule has 0 aliphatic rings. The Bertz CT molecular complexity index is 1690. The first-order valence-electron chi connectivity index (χ1n) is 12.2. The Morgan fingerprint density at radius 1 is 1.08 bits per heavy atom. The molecular formula is C30H26N4O4S. The van der Waals surface area contributed by atoms with Crippen LogP contribution in [0.2, 0.25) is 0 Å². The zero-order valence-electron chi connectivity index (χ0n) is 21.5. The van der Waals surface area contributed by atoms with E-state index in [0.717, 1.165) is 16.7 Å². The molecule has 0 saturated carbocycles. The highest BCUT2D eigenvalue weighted by Crippen LogP contribution is 2.30. The van der Waals surface area contributed by atoms with Gasteiger partial charge in [0.2, 0.25) is 0 Å². The van der Waals surface area contributed by atoms with Crippen LogP contribution in [0.15, 0.2) is 94.4 Å². The van der Waals surface area contributed by atoms with Crippen LogP contribution in [0.25, 0.3) is 21.3 Å². The first-order valence-corrected chi connectivity index (χ1v) is 13.1. The summed E-state index contributed by atoms with van der Waals surface area (Å²) in [7, 11) is 1.57. The Morgan fingerprint density at radius 2 is 1.87 bits per heavy atom. The van der Waals surface area contributed by atoms with Crippen molar-refractivity contribution < 1.29 is 14.3 Å². The highest BCUT2D eigenvalue weighted by molar-refractivity contribution is 7.17. The molecule has 1 N–H and O–H groups in total. The minimum atomic E-state index is -0.448. The first-order chi connectivity index (χ1) is 19.0. The van der Waals surface area contributed by atoms with Crippen molar-refractivity contribution in [1.82, 2.24) is 15.0 Å². The smallest absolute Gasteiger partial charge is 0.263 e. The standard InChI is InChI=1S/C30H26N4O4S/c1-20-8-10-21(11-9-20)17-38-25-13-12-22(14-26(25)37-2)15-32-33-27(35)16-34-19-31-29-28(30(34)36)24(18-39-29)23-6-4-3-5-7-23/h3-15,18-19H,16-17H2,1-2H3,(H,33,35)/b32-15-. The molecule has 196 valence electrons. The van der Waals surface area contributed by atoms with Crippen LogP contribution in [0.5, 0.6) is 11.5 Å². The van der Waals surface area contributed by atoms with E-state index in [1.54, 1.807) is 19.2 Å². The molecule has 0 atom stereocenters. The van der Waals surface area contributed by atoms with Crippen molar-refractivity contribution in [3.63, 3.8) is 0 Å². The number of fused-ring (bicyclic) bond motifs is 1. The summed E-state index contributed by atoms with van der Waals surface area (Å²) in [6.07, 6.45) is 2.89. The Morgan fingerprint density at radius 3 is 2.64 bits per heavy atom. The number of ether oxygens (including phenoxy) is 2. The Kier molecular flexibility index (Phi) is 7.79. The number of hydrogen-bond acceptors (Lipinski definition) is 7. The number of nitrogens with one attached hydrogen (secondary N) is 1. The number of carbonyl (C=O) groups excluding carboxylic acids is 1. The molecule has 0 saturated heterocycles. The van der Waals surface area contributed by atoms with E-state index in [1.807, 2.05) is 73.0 Å². The third-order valence-corrected chi connectivity index (χ3v) is 6.95. The van der Waals surface area contributed by atoms with E-state index < -0.39 is 5.91 Å². The Balaban J connectivity index is 1.23. The predicted molar refractivity (Wildman–Crippen MR) is 154 cm³/mol. The van der Waals surface area contributed by atoms with Gasteiger partial charge in [0.05, 0.1) is 25.0 Å². The maximum atomic E-state index is 13.2. The van der Waals surface area contributed by atoms with Crippen LogP contribution < -0.4 is 20.5 Å². The van der Waals surface area contributed by atoms with Crippen LogP contribution >= 0.6 is 11.3 Å². The molecule has 8 nitrogen and oxygen atoms in total. The molecule has 0 fully saturated rings. The third kappa shape index (κ3) is 6.05. The lowest BCUT2D eigenvalue weighted by Crippen LogP contribution is -2.30. The number of nitrogens with zero attached hydrogens (tertiary/aromatic N) is 3. The molecular weight excluding hydrogens is 512 g/mol. The van der Waals surface area contributed by atoms with Gasteiger partial charge < -0.3 is 9.47 Å². The zero-order chi connectivity index (χ0) is 27.2. The number of rotatable bonds is 9. The number of aryl methyl sites for hydroxylation is 1. The van der Waals surface area contributed by atoms with Gasteiger partial charge in [-0.15, -0.1) is 11.3 Å². The number of benzene rings is 3. The SMILES string of the molecule is COc1cc(/C=N\NC(=O)Cn2cnc3scc(-c4ccccc4)c3c2=O)ccc1OCc1ccc(C)cc1. The summed E-state index contributed by atoms with van der Waals surface area (Å²) in [5.74, 6) is 0.703. The van der Waals surface area contributed by atoms with Crippen LogP contribution in [-0.2, 0) is 17.9 Å². The lowest BCUT2D eigenvalue weighted by molar-refractivity contribution is -0.121. The van der Waals surface area contributed by atoms with Crippen LogP contribution in [0, 0.1) is 6.92 Å². The van der Waals surface area contributed by atoms with Crippen molar-refractivity contribution >= 4 is 33.7 Å². The number of hydrogen-bond donors (Lipinski definition) is 1. The van der Waals surface area contributed by atoms with Gasteiger partial charge in [-0.2, -0.15) is 5.10 Å². The number of aromatic nitrogens is 2. The van der Waals surface area contributed by atoms with Crippen LogP contribution in [-0.4, -0.2) is 28.8 Å². The maximum Gasteiger partial charge on any atom is 0.263 e. The van der Waals surface area contributed by atoms with Gasteiger partial charge in [-0.25, -0.2) is 10.4 Å². The van der Waals surface area contributed by atoms with Gasteiger partial charge in [-0.05, 0) is 41.8 Å². The van der Waals surface area contributed by atoms with Gasteiger partial charge in [-0.3, -0.25) is 14.2 Å². The molecule has 3 aromatic carbocycles. The van der Waals surface area contributed by atoms with E-state index in [4.69, 9.17) is 9.47 Å². The molecule has 0 radical (unpaired) electrons. The lowest BCUT2D eigenvalue weighted by atomic mass is 10.1. The fourth-order valence-electron chi connectivity index (χ4n) is 4.01. The maximum absolute atomic E-state index is 13.2. The quantitative estimate of drug-likeness (QED) is 0.206. The van der Waals surface area contributed by atoms with E-state index in [2.05, 4.69) is 15.5 Å². The van der Waals surface area contributed by atoms with Gasteiger partial charge in [-0.1, -0.05) is 60.2 Å². The predicted octanol–water partition coefficient (Wildman–Crippen LogP) is 5.17. The molecule has 5 aromatic rings. The second-order valence-corrected chi connectivity index (χ2v) is 9.71. The molecule has 0 aliphatic heterocycles. The van der Waals surface area contributed by atoms with E-state index in [-0.39, 0.29) is 12.1 Å². The van der Waals surface area contributed by atoms with Crippen molar-refractivity contribution in [3.05, 3.63) is 112 Å². The minimum Gasteiger partial charge on any atom is -0.493 e. The molecule has 0 unspecified atom stereocenters. The average Bonchev–Trinajstić information content (AvgIpc) is 3.40. The van der Waals surface area contributed by atoms with E-state index in [0.29, 0.717) is 33.9 Å². The molecule has 2 aromatic heterocycles. The summed E-state index contributed by atoms with van der Waals surface area (Å²) in [5.41, 5.74) is 6.89. The molecule has 2 heterocycles. The van der Waals surface area contributed by atoms with Gasteiger partial charge in [0.15, 0.2) is 11.5 Å². The molecule has 9 heteroatoms. The first kappa shape index (κ1) is 25.9. The fraction of sp³-hybridized carbons (Fsp3) is 0.133. The summed E-state index contributed by atoms with van der Waals surface area (Å²) in [4.78, 5) is 30.7. The van der Waals surface area contributed by atoms with Crippen molar-refractivity contribution in [2.24, 2.45) is 5.10 Å². The number of methoxy groups -OCH3 is 1. The normalized spacial score (nSPS) is 11.1. The summed E-state index contributed by atoms with van der Waals surface area (Å²) in [5, 5.41) is 6.45. The number of hydrazone groups is 1. The molecule has 0 spiro atoms. The van der Waals surface area contributed by atoms with Crippen LogP contribution in [0.4, 0.5) is 0 Å². The van der Waals surface area contributed by atoms with Gasteiger partial charge in [0.1, 0.15) is 18.0 Å². The van der Waals surface area contributed by atoms with Crippen LogP contribution in [0.1, 0.15) is 16.7 Å². The van der Waals surface area contributed by atoms with Crippen molar-refractivity contribution in [2.45, 2.75) is 20.1 Å². The number of carbonyl (C=O) groups is 1. The second-order valence-electron chi connectivity index (χ2n) is 8.85. The number of amides is 1. The molecule has 1 amide bonds. The topological polar surface area (TPSA) is 94.8 Å². The van der Waals surface area contributed by atoms with Crippen LogP contribution in [0.3, 0.4) is 0 Å². The highest BCUT2D eigenvalue weighted by Gasteiger charge is 2.14. The van der Waals surface area contributed by atoms with Crippen molar-refractivity contribution in [1.29, 1.82) is 0 Å². The minimum absolute atomic E-state index is 0.210. The van der Waals surface area contributed by atoms with Gasteiger partial charge in [0.25, 0.3) is 11.5 Å². The third-order valence-electron chi connectivity index (χ3n) is 6.06. The fourth-order valence-corrected chi connectivity index (χ4v) is 4.91. The van der Waals surface area contributed by atoms with Gasteiger partial charge in [0, 0.05) is 10.9 Å². The Labute approximate surface area is 229 Å². The average molecular weight is 539 g/mol. The lowest BCUT2D eigenvalue weighted by Gasteiger charge is -2.11. The summed E-state index contributed by atoms with van der Waals surface area (Å²) in [6, 6.07) is 23.1. The van der Waals surface area contributed by atoms with Gasteiger partial charge >= 0.3 is 0 Å². The van der Waals surface area contributed by atoms with E-state index >= 15 is 0 Å². The largest absolute Gasteiger partial charge is 0.493 e. The zero-order valence-corrected chi connectivity index (χ0v) is 22.3. The second kappa shape index (κ2) is 11.7. The van der Waals surface area contributed by atoms with E-state index in [1.165, 1.54) is 34.0 Å². The van der Waals surface area contributed by atoms with Crippen molar-refractivity contribution in [3.8, 4) is 22.6 Å². The summed E-state index contributed by atoms with van der Waals surface area (Å²) in [6.45, 7) is 2.25. The summed E-state index contributed by atoms with van der Waals surface area (Å²) >= 11 is 1.40. The molecule has 0 aliphatic carbocycles. The Hall–Kier alpha value is -4.76. The van der Waals surface area contributed by atoms with Crippen molar-refractivity contribution in [2.75, 3.05) is 7.11 Å².